The van der Waals surface area contributed by atoms with Gasteiger partial charge in [-0.15, -0.1) is 0 Å². The summed E-state index contributed by atoms with van der Waals surface area (Å²) in [6.07, 6.45) is 0.561. The van der Waals surface area contributed by atoms with E-state index in [1.54, 1.807) is 6.92 Å². The van der Waals surface area contributed by atoms with Crippen LogP contribution in [0, 0.1) is 6.92 Å². The molecule has 94 valence electrons. The van der Waals surface area contributed by atoms with Crippen LogP contribution in [0.3, 0.4) is 0 Å². The maximum atomic E-state index is 11.1. The molecule has 0 bridgehead atoms. The van der Waals surface area contributed by atoms with Crippen molar-refractivity contribution in [2.24, 2.45) is 5.73 Å². The van der Waals surface area contributed by atoms with Gasteiger partial charge in [0.1, 0.15) is 5.56 Å². The second kappa shape index (κ2) is 5.01. The quantitative estimate of drug-likeness (QED) is 0.763. The van der Waals surface area contributed by atoms with Crippen LogP contribution < -0.4 is 5.73 Å². The summed E-state index contributed by atoms with van der Waals surface area (Å²) in [5, 5.41) is 15.8. The Bertz CT molecular complexity index is 549. The van der Waals surface area contributed by atoms with E-state index in [1.807, 2.05) is 30.3 Å². The van der Waals surface area contributed by atoms with Gasteiger partial charge in [0.2, 0.25) is 0 Å². The van der Waals surface area contributed by atoms with Gasteiger partial charge in [-0.2, -0.15) is 5.10 Å². The summed E-state index contributed by atoms with van der Waals surface area (Å²) in [5.41, 5.74) is 8.20. The fourth-order valence-electron chi connectivity index (χ4n) is 1.95. The Morgan fingerprint density at radius 2 is 2.11 bits per heavy atom. The van der Waals surface area contributed by atoms with Crippen LogP contribution in [0.5, 0.6) is 0 Å². The Hall–Kier alpha value is -2.14. The number of aromatic nitrogens is 2. The number of hydrogen-bond donors (Lipinski definition) is 3. The summed E-state index contributed by atoms with van der Waals surface area (Å²) in [4.78, 5) is 11.1. The van der Waals surface area contributed by atoms with Crippen LogP contribution in [-0.4, -0.2) is 21.3 Å². The molecule has 1 unspecified atom stereocenters. The van der Waals surface area contributed by atoms with Crippen LogP contribution in [0.25, 0.3) is 0 Å². The first-order valence-electron chi connectivity index (χ1n) is 5.67. The Balaban J connectivity index is 2.24. The fourth-order valence-corrected chi connectivity index (χ4v) is 1.95. The Kier molecular flexibility index (Phi) is 3.43. The van der Waals surface area contributed by atoms with E-state index in [1.165, 1.54) is 0 Å². The first kappa shape index (κ1) is 12.3. The third-order valence-electron chi connectivity index (χ3n) is 2.84. The van der Waals surface area contributed by atoms with Crippen molar-refractivity contribution in [1.82, 2.24) is 10.2 Å². The number of nitrogens with one attached hydrogen (secondary N) is 1. The molecule has 1 atom stereocenters. The molecule has 0 saturated heterocycles. The van der Waals surface area contributed by atoms with Crippen molar-refractivity contribution in [3.05, 3.63) is 52.8 Å². The van der Waals surface area contributed by atoms with E-state index in [4.69, 9.17) is 10.8 Å². The second-order valence-corrected chi connectivity index (χ2v) is 4.21. The Morgan fingerprint density at radius 3 is 2.72 bits per heavy atom. The van der Waals surface area contributed by atoms with Crippen LogP contribution in [0.1, 0.15) is 33.4 Å². The molecule has 4 N–H and O–H groups in total. The number of rotatable bonds is 4. The van der Waals surface area contributed by atoms with Gasteiger partial charge in [0.05, 0.1) is 11.7 Å². The molecule has 2 rings (SSSR count). The van der Waals surface area contributed by atoms with Gasteiger partial charge in [0, 0.05) is 5.69 Å². The van der Waals surface area contributed by atoms with Crippen LogP contribution in [0.15, 0.2) is 30.3 Å². The van der Waals surface area contributed by atoms with Crippen molar-refractivity contribution in [3.63, 3.8) is 0 Å². The van der Waals surface area contributed by atoms with Gasteiger partial charge in [-0.05, 0) is 18.9 Å². The zero-order valence-corrected chi connectivity index (χ0v) is 10.1. The van der Waals surface area contributed by atoms with Crippen molar-refractivity contribution in [1.29, 1.82) is 0 Å². The number of carboxylic acid groups (broad SMARTS) is 1. The summed E-state index contributed by atoms with van der Waals surface area (Å²) >= 11 is 0. The predicted octanol–water partition coefficient (Wildman–Crippen LogP) is 1.66. The van der Waals surface area contributed by atoms with E-state index in [-0.39, 0.29) is 5.56 Å². The number of hydrogen-bond acceptors (Lipinski definition) is 3. The van der Waals surface area contributed by atoms with Crippen molar-refractivity contribution in [2.45, 2.75) is 19.4 Å². The number of aromatic carboxylic acids is 1. The normalized spacial score (nSPS) is 12.3. The highest BCUT2D eigenvalue weighted by molar-refractivity contribution is 5.90. The molecule has 5 nitrogen and oxygen atoms in total. The van der Waals surface area contributed by atoms with Crippen molar-refractivity contribution >= 4 is 5.97 Å². The number of carbonyl (C=O) groups is 1. The van der Waals surface area contributed by atoms with Crippen LogP contribution >= 0.6 is 0 Å². The molecule has 0 aliphatic rings. The standard InChI is InChI=1S/C13H15N3O2/c1-8-11(13(17)18)12(16-15-8)10(14)7-9-5-3-2-4-6-9/h2-6,10H,7,14H2,1H3,(H,15,16)(H,17,18). The van der Waals surface area contributed by atoms with Gasteiger partial charge in [0.15, 0.2) is 0 Å². The molecule has 0 spiro atoms. The summed E-state index contributed by atoms with van der Waals surface area (Å²) in [6.45, 7) is 1.68. The first-order valence-corrected chi connectivity index (χ1v) is 5.67. The van der Waals surface area contributed by atoms with Gasteiger partial charge < -0.3 is 10.8 Å². The number of carboxylic acids is 1. The lowest BCUT2D eigenvalue weighted by Gasteiger charge is -2.10. The molecule has 0 fully saturated rings. The molecule has 1 heterocycles. The van der Waals surface area contributed by atoms with Gasteiger partial charge in [0.25, 0.3) is 0 Å². The predicted molar refractivity (Wildman–Crippen MR) is 67.4 cm³/mol. The second-order valence-electron chi connectivity index (χ2n) is 4.21. The largest absolute Gasteiger partial charge is 0.478 e. The molecule has 1 aromatic carbocycles. The number of nitrogens with two attached hydrogens (primary N) is 1. The number of H-pyrrole nitrogens is 1. The third kappa shape index (κ3) is 2.41. The summed E-state index contributed by atoms with van der Waals surface area (Å²) in [5.74, 6) is -1.00. The average molecular weight is 245 g/mol. The molecular weight excluding hydrogens is 230 g/mol. The van der Waals surface area contributed by atoms with E-state index in [2.05, 4.69) is 10.2 Å². The molecule has 0 aliphatic carbocycles. The number of nitrogens with zero attached hydrogens (tertiary/aromatic N) is 1. The SMILES string of the molecule is Cc1[nH]nc(C(N)Cc2ccccc2)c1C(=O)O. The van der Waals surface area contributed by atoms with Gasteiger partial charge in [-0.25, -0.2) is 4.79 Å². The minimum Gasteiger partial charge on any atom is -0.478 e. The molecule has 2 aromatic rings. The topological polar surface area (TPSA) is 92.0 Å². The van der Waals surface area contributed by atoms with E-state index >= 15 is 0 Å². The fraction of sp³-hybridized carbons (Fsp3) is 0.231. The maximum Gasteiger partial charge on any atom is 0.339 e. The van der Waals surface area contributed by atoms with Crippen molar-refractivity contribution in [3.8, 4) is 0 Å². The minimum absolute atomic E-state index is 0.179. The van der Waals surface area contributed by atoms with Crippen LogP contribution in [0.4, 0.5) is 0 Å². The monoisotopic (exact) mass is 245 g/mol. The highest BCUT2D eigenvalue weighted by Gasteiger charge is 2.22. The third-order valence-corrected chi connectivity index (χ3v) is 2.84. The molecule has 5 heteroatoms. The summed E-state index contributed by atoms with van der Waals surface area (Å²) < 4.78 is 0. The molecule has 0 amide bonds. The van der Waals surface area contributed by atoms with Crippen LogP contribution in [-0.2, 0) is 6.42 Å². The lowest BCUT2D eigenvalue weighted by Crippen LogP contribution is -2.17. The molecule has 0 saturated carbocycles. The van der Waals surface area contributed by atoms with E-state index in [0.717, 1.165) is 5.56 Å². The van der Waals surface area contributed by atoms with E-state index in [0.29, 0.717) is 17.8 Å². The van der Waals surface area contributed by atoms with Crippen molar-refractivity contribution in [2.75, 3.05) is 0 Å². The van der Waals surface area contributed by atoms with Gasteiger partial charge >= 0.3 is 5.97 Å². The Labute approximate surface area is 105 Å². The maximum absolute atomic E-state index is 11.1. The highest BCUT2D eigenvalue weighted by atomic mass is 16.4. The number of benzene rings is 1. The number of aryl methyl sites for hydroxylation is 1. The Morgan fingerprint density at radius 1 is 1.44 bits per heavy atom. The lowest BCUT2D eigenvalue weighted by atomic mass is 10.0. The van der Waals surface area contributed by atoms with Gasteiger partial charge in [-0.3, -0.25) is 5.10 Å². The van der Waals surface area contributed by atoms with Crippen LogP contribution in [0.2, 0.25) is 0 Å². The molecule has 0 aliphatic heterocycles. The average Bonchev–Trinajstić information content (AvgIpc) is 2.72. The molecule has 0 radical (unpaired) electrons. The smallest absolute Gasteiger partial charge is 0.339 e. The van der Waals surface area contributed by atoms with Gasteiger partial charge in [-0.1, -0.05) is 30.3 Å². The lowest BCUT2D eigenvalue weighted by molar-refractivity contribution is 0.0694. The molecular formula is C13H15N3O2. The summed E-state index contributed by atoms with van der Waals surface area (Å²) in [7, 11) is 0. The van der Waals surface area contributed by atoms with E-state index < -0.39 is 12.0 Å². The highest BCUT2D eigenvalue weighted by Crippen LogP contribution is 2.20. The molecule has 1 aromatic heterocycles. The van der Waals surface area contributed by atoms with E-state index in [9.17, 15) is 4.79 Å². The zero-order valence-electron chi connectivity index (χ0n) is 10.1. The molecule has 18 heavy (non-hydrogen) atoms. The first-order chi connectivity index (χ1) is 8.59. The number of aromatic amines is 1. The summed E-state index contributed by atoms with van der Waals surface area (Å²) in [6, 6.07) is 9.27. The minimum atomic E-state index is -1.00. The van der Waals surface area contributed by atoms with Crippen molar-refractivity contribution < 1.29 is 9.90 Å². The zero-order chi connectivity index (χ0) is 13.1.